The molecule has 0 amide bonds. The summed E-state index contributed by atoms with van der Waals surface area (Å²) in [4.78, 5) is 12.6. The van der Waals surface area contributed by atoms with Gasteiger partial charge in [-0.2, -0.15) is 4.31 Å². The van der Waals surface area contributed by atoms with Gasteiger partial charge in [-0.3, -0.25) is 4.79 Å². The van der Waals surface area contributed by atoms with E-state index in [2.05, 4.69) is 0 Å². The average molecular weight is 318 g/mol. The van der Waals surface area contributed by atoms with Crippen LogP contribution in [0.4, 0.5) is 0 Å². The normalized spacial score (nSPS) is 23.2. The molecule has 0 aromatic carbocycles. The number of sulfonamides is 1. The van der Waals surface area contributed by atoms with Gasteiger partial charge in [0.25, 0.3) is 0 Å². The molecule has 0 atom stereocenters. The molecule has 1 saturated heterocycles. The number of piperazine rings is 1. The third kappa shape index (κ3) is 5.23. The number of nitrogens with zero attached hydrogens (tertiary/aromatic N) is 2. The van der Waals surface area contributed by atoms with Crippen molar-refractivity contribution < 1.29 is 18.3 Å². The Kier molecular flexibility index (Phi) is 6.01. The molecule has 2 fully saturated rings. The highest BCUT2D eigenvalue weighted by atomic mass is 32.2. The van der Waals surface area contributed by atoms with Gasteiger partial charge >= 0.3 is 5.97 Å². The van der Waals surface area contributed by atoms with Crippen LogP contribution in [0.15, 0.2) is 0 Å². The summed E-state index contributed by atoms with van der Waals surface area (Å²) in [6.45, 7) is 2.77. The fourth-order valence-corrected chi connectivity index (χ4v) is 5.10. The van der Waals surface area contributed by atoms with Gasteiger partial charge in [0.05, 0.1) is 12.2 Å². The second-order valence-corrected chi connectivity index (χ2v) is 8.18. The third-order valence-corrected chi connectivity index (χ3v) is 6.58. The first-order valence-corrected chi connectivity index (χ1v) is 9.50. The third-order valence-electron chi connectivity index (χ3n) is 4.54. The van der Waals surface area contributed by atoms with Gasteiger partial charge in [-0.1, -0.05) is 19.3 Å². The van der Waals surface area contributed by atoms with E-state index in [0.717, 1.165) is 25.7 Å². The van der Waals surface area contributed by atoms with Gasteiger partial charge in [-0.15, -0.1) is 0 Å². The zero-order valence-corrected chi connectivity index (χ0v) is 13.4. The maximum atomic E-state index is 12.4. The molecule has 1 N–H and O–H groups in total. The first-order valence-electron chi connectivity index (χ1n) is 7.89. The van der Waals surface area contributed by atoms with Gasteiger partial charge in [0.2, 0.25) is 10.0 Å². The molecule has 0 bridgehead atoms. The molecule has 7 heteroatoms. The summed E-state index contributed by atoms with van der Waals surface area (Å²) in [6.07, 6.45) is 5.75. The molecular formula is C14H26N2O4S. The maximum absolute atomic E-state index is 12.4. The molecule has 122 valence electrons. The van der Waals surface area contributed by atoms with E-state index in [4.69, 9.17) is 5.11 Å². The van der Waals surface area contributed by atoms with Gasteiger partial charge in [-0.05, 0) is 18.8 Å². The summed E-state index contributed by atoms with van der Waals surface area (Å²) in [6, 6.07) is 0. The largest absolute Gasteiger partial charge is 0.481 e. The maximum Gasteiger partial charge on any atom is 0.304 e. The fraction of sp³-hybridized carbons (Fsp3) is 0.929. The Morgan fingerprint density at radius 2 is 1.67 bits per heavy atom. The molecule has 1 heterocycles. The summed E-state index contributed by atoms with van der Waals surface area (Å²) in [5.74, 6) is -0.182. The molecule has 0 unspecified atom stereocenters. The van der Waals surface area contributed by atoms with Crippen molar-refractivity contribution in [3.63, 3.8) is 0 Å². The van der Waals surface area contributed by atoms with E-state index >= 15 is 0 Å². The van der Waals surface area contributed by atoms with Crippen LogP contribution in [0.25, 0.3) is 0 Å². The number of carboxylic acid groups (broad SMARTS) is 1. The van der Waals surface area contributed by atoms with Crippen LogP contribution in [-0.2, 0) is 14.8 Å². The topological polar surface area (TPSA) is 77.9 Å². The zero-order chi connectivity index (χ0) is 15.3. The fourth-order valence-electron chi connectivity index (χ4n) is 3.24. The lowest BCUT2D eigenvalue weighted by Crippen LogP contribution is -2.50. The number of carbonyl (C=O) groups is 1. The van der Waals surface area contributed by atoms with Crippen LogP contribution >= 0.6 is 0 Å². The van der Waals surface area contributed by atoms with Crippen LogP contribution < -0.4 is 0 Å². The first-order chi connectivity index (χ1) is 9.97. The summed E-state index contributed by atoms with van der Waals surface area (Å²) in [5, 5.41) is 8.67. The molecule has 0 spiro atoms. The van der Waals surface area contributed by atoms with Gasteiger partial charge in [0.1, 0.15) is 0 Å². The second-order valence-electron chi connectivity index (χ2n) is 6.17. The van der Waals surface area contributed by atoms with Gasteiger partial charge in [-0.25, -0.2) is 8.42 Å². The van der Waals surface area contributed by atoms with E-state index in [-0.39, 0.29) is 6.42 Å². The molecule has 6 nitrogen and oxygen atoms in total. The smallest absolute Gasteiger partial charge is 0.304 e. The van der Waals surface area contributed by atoms with Crippen LogP contribution in [0, 0.1) is 5.92 Å². The van der Waals surface area contributed by atoms with Crippen molar-refractivity contribution in [2.75, 3.05) is 38.5 Å². The molecule has 0 aromatic heterocycles. The van der Waals surface area contributed by atoms with Crippen molar-refractivity contribution >= 4 is 16.0 Å². The van der Waals surface area contributed by atoms with Crippen molar-refractivity contribution in [2.24, 2.45) is 5.92 Å². The van der Waals surface area contributed by atoms with E-state index in [1.54, 1.807) is 4.31 Å². The average Bonchev–Trinajstić information content (AvgIpc) is 2.46. The Bertz CT molecular complexity index is 438. The first kappa shape index (κ1) is 16.7. The highest BCUT2D eigenvalue weighted by Gasteiger charge is 2.29. The Hall–Kier alpha value is -0.660. The van der Waals surface area contributed by atoms with Crippen molar-refractivity contribution in [1.82, 2.24) is 9.21 Å². The highest BCUT2D eigenvalue weighted by Crippen LogP contribution is 2.26. The minimum atomic E-state index is -3.15. The monoisotopic (exact) mass is 318 g/mol. The summed E-state index contributed by atoms with van der Waals surface area (Å²) < 4.78 is 26.5. The Morgan fingerprint density at radius 1 is 1.05 bits per heavy atom. The van der Waals surface area contributed by atoms with E-state index in [0.29, 0.717) is 44.4 Å². The molecule has 1 aliphatic carbocycles. The summed E-state index contributed by atoms with van der Waals surface area (Å²) in [5.41, 5.74) is 0. The van der Waals surface area contributed by atoms with E-state index < -0.39 is 16.0 Å². The van der Waals surface area contributed by atoms with Crippen molar-refractivity contribution in [3.8, 4) is 0 Å². The van der Waals surface area contributed by atoms with Crippen molar-refractivity contribution in [1.29, 1.82) is 0 Å². The number of hydrogen-bond donors (Lipinski definition) is 1. The van der Waals surface area contributed by atoms with Crippen LogP contribution in [0.3, 0.4) is 0 Å². The predicted molar refractivity (Wildman–Crippen MR) is 80.6 cm³/mol. The minimum absolute atomic E-state index is 0.120. The molecular weight excluding hydrogens is 292 g/mol. The molecule has 0 aromatic rings. The highest BCUT2D eigenvalue weighted by molar-refractivity contribution is 7.89. The summed E-state index contributed by atoms with van der Waals surface area (Å²) in [7, 11) is -3.15. The SMILES string of the molecule is O=C(O)CCN1CCN(S(=O)(=O)CC2CCCCC2)CC1. The van der Waals surface area contributed by atoms with Gasteiger partial charge in [0.15, 0.2) is 0 Å². The van der Waals surface area contributed by atoms with Gasteiger partial charge < -0.3 is 10.0 Å². The van der Waals surface area contributed by atoms with Crippen LogP contribution in [0.5, 0.6) is 0 Å². The standard InChI is InChI=1S/C14H26N2O4S/c17-14(18)6-7-15-8-10-16(11-9-15)21(19,20)12-13-4-2-1-3-5-13/h13H,1-12H2,(H,17,18). The van der Waals surface area contributed by atoms with Gasteiger partial charge in [0, 0.05) is 32.7 Å². The molecule has 1 saturated carbocycles. The lowest BCUT2D eigenvalue weighted by atomic mass is 9.91. The number of carboxylic acids is 1. The minimum Gasteiger partial charge on any atom is -0.481 e. The van der Waals surface area contributed by atoms with Crippen molar-refractivity contribution in [2.45, 2.75) is 38.5 Å². The van der Waals surface area contributed by atoms with E-state index in [1.807, 2.05) is 4.90 Å². The Labute approximate surface area is 127 Å². The van der Waals surface area contributed by atoms with Crippen molar-refractivity contribution in [3.05, 3.63) is 0 Å². The molecule has 0 radical (unpaired) electrons. The number of aliphatic carboxylic acids is 1. The van der Waals surface area contributed by atoms with Crippen LogP contribution in [0.1, 0.15) is 38.5 Å². The molecule has 21 heavy (non-hydrogen) atoms. The van der Waals surface area contributed by atoms with E-state index in [1.165, 1.54) is 6.42 Å². The molecule has 1 aliphatic heterocycles. The summed E-state index contributed by atoms with van der Waals surface area (Å²) >= 11 is 0. The number of rotatable bonds is 6. The second kappa shape index (κ2) is 7.56. The Morgan fingerprint density at radius 3 is 2.24 bits per heavy atom. The lowest BCUT2D eigenvalue weighted by molar-refractivity contribution is -0.137. The zero-order valence-electron chi connectivity index (χ0n) is 12.5. The Balaban J connectivity index is 1.78. The van der Waals surface area contributed by atoms with E-state index in [9.17, 15) is 13.2 Å². The van der Waals surface area contributed by atoms with Crippen LogP contribution in [0.2, 0.25) is 0 Å². The molecule has 2 rings (SSSR count). The molecule has 2 aliphatic rings. The number of hydrogen-bond acceptors (Lipinski definition) is 4. The van der Waals surface area contributed by atoms with Crippen LogP contribution in [-0.4, -0.2) is 67.2 Å². The predicted octanol–water partition coefficient (Wildman–Crippen LogP) is 0.989. The quantitative estimate of drug-likeness (QED) is 0.790. The lowest BCUT2D eigenvalue weighted by Gasteiger charge is -2.34.